The summed E-state index contributed by atoms with van der Waals surface area (Å²) in [5.41, 5.74) is 3.28. The molecule has 9 nitrogen and oxygen atoms in total. The summed E-state index contributed by atoms with van der Waals surface area (Å²) in [5, 5.41) is 10.8. The maximum atomic E-state index is 12.6. The lowest BCUT2D eigenvalue weighted by molar-refractivity contribution is -0.402. The van der Waals surface area contributed by atoms with Crippen molar-refractivity contribution in [2.24, 2.45) is 0 Å². The van der Waals surface area contributed by atoms with E-state index in [0.717, 1.165) is 23.4 Å². The van der Waals surface area contributed by atoms with Crippen LogP contribution >= 0.6 is 0 Å². The molecule has 0 atom stereocenters. The van der Waals surface area contributed by atoms with Gasteiger partial charge >= 0.3 is 5.88 Å². The third-order valence-electron chi connectivity index (χ3n) is 5.92. The summed E-state index contributed by atoms with van der Waals surface area (Å²) in [6.07, 6.45) is 0. The van der Waals surface area contributed by atoms with E-state index in [9.17, 15) is 14.9 Å². The first-order chi connectivity index (χ1) is 16.1. The molecule has 1 amide bonds. The average Bonchev–Trinajstić information content (AvgIpc) is 3.46. The maximum Gasteiger partial charge on any atom is 0.433 e. The average molecular weight is 445 g/mol. The van der Waals surface area contributed by atoms with Gasteiger partial charge in [-0.3, -0.25) is 19.8 Å². The van der Waals surface area contributed by atoms with Crippen molar-refractivity contribution in [2.45, 2.75) is 13.1 Å². The first kappa shape index (κ1) is 20.9. The number of carbonyl (C=O) groups is 1. The van der Waals surface area contributed by atoms with E-state index in [2.05, 4.69) is 27.7 Å². The standard InChI is InChI=1S/C24H23N5O4/c30-24(21-10-11-23(33-21)29(31)32)27-14-12-26(13-15-27)17-22-25-19-8-4-5-9-20(19)28(22)16-18-6-2-1-3-7-18/h1-11H,12-17H2. The van der Waals surface area contributed by atoms with Crippen molar-refractivity contribution in [3.8, 4) is 0 Å². The van der Waals surface area contributed by atoms with Crippen LogP contribution in [0.4, 0.5) is 5.88 Å². The van der Waals surface area contributed by atoms with Crippen LogP contribution in [0.3, 0.4) is 0 Å². The quantitative estimate of drug-likeness (QED) is 0.333. The number of aromatic nitrogens is 2. The van der Waals surface area contributed by atoms with E-state index in [1.165, 1.54) is 17.7 Å². The molecule has 2 aromatic carbocycles. The molecule has 2 aromatic heterocycles. The van der Waals surface area contributed by atoms with Crippen LogP contribution in [0.15, 0.2) is 71.1 Å². The zero-order chi connectivity index (χ0) is 22.8. The van der Waals surface area contributed by atoms with Gasteiger partial charge in [0, 0.05) is 32.7 Å². The molecule has 0 N–H and O–H groups in total. The van der Waals surface area contributed by atoms with Gasteiger partial charge in [-0.05, 0) is 23.8 Å². The fourth-order valence-corrected chi connectivity index (χ4v) is 4.19. The summed E-state index contributed by atoms with van der Waals surface area (Å²) >= 11 is 0. The number of fused-ring (bicyclic) bond motifs is 1. The predicted molar refractivity (Wildman–Crippen MR) is 122 cm³/mol. The Morgan fingerprint density at radius 1 is 0.939 bits per heavy atom. The van der Waals surface area contributed by atoms with Crippen LogP contribution in [0.1, 0.15) is 21.9 Å². The number of imidazole rings is 1. The summed E-state index contributed by atoms with van der Waals surface area (Å²) in [4.78, 5) is 31.7. The van der Waals surface area contributed by atoms with E-state index in [4.69, 9.17) is 9.40 Å². The Bertz CT molecular complexity index is 1290. The van der Waals surface area contributed by atoms with Gasteiger partial charge in [0.2, 0.25) is 0 Å². The van der Waals surface area contributed by atoms with E-state index in [0.29, 0.717) is 32.7 Å². The zero-order valence-corrected chi connectivity index (χ0v) is 18.0. The Morgan fingerprint density at radius 2 is 1.67 bits per heavy atom. The highest BCUT2D eigenvalue weighted by molar-refractivity contribution is 5.91. The molecule has 1 fully saturated rings. The molecule has 0 radical (unpaired) electrons. The molecule has 0 saturated carbocycles. The number of rotatable bonds is 6. The second kappa shape index (κ2) is 8.87. The van der Waals surface area contributed by atoms with Crippen molar-refractivity contribution in [2.75, 3.05) is 26.2 Å². The van der Waals surface area contributed by atoms with Crippen LogP contribution < -0.4 is 0 Å². The van der Waals surface area contributed by atoms with Gasteiger partial charge in [0.05, 0.1) is 23.6 Å². The number of amides is 1. The van der Waals surface area contributed by atoms with Gasteiger partial charge in [-0.25, -0.2) is 4.98 Å². The molecule has 1 saturated heterocycles. The van der Waals surface area contributed by atoms with Crippen molar-refractivity contribution in [3.63, 3.8) is 0 Å². The summed E-state index contributed by atoms with van der Waals surface area (Å²) in [5.74, 6) is 0.245. The van der Waals surface area contributed by atoms with Crippen LogP contribution in [-0.4, -0.2) is 56.4 Å². The second-order valence-corrected chi connectivity index (χ2v) is 8.05. The fraction of sp³-hybridized carbons (Fsp3) is 0.250. The van der Waals surface area contributed by atoms with Crippen molar-refractivity contribution in [1.82, 2.24) is 19.4 Å². The lowest BCUT2D eigenvalue weighted by Crippen LogP contribution is -2.48. The Morgan fingerprint density at radius 3 is 2.39 bits per heavy atom. The molecule has 4 aromatic rings. The second-order valence-electron chi connectivity index (χ2n) is 8.05. The molecular weight excluding hydrogens is 422 g/mol. The SMILES string of the molecule is O=C(c1ccc([N+](=O)[O-])o1)N1CCN(Cc2nc3ccccc3n2Cc2ccccc2)CC1. The maximum absolute atomic E-state index is 12.6. The third kappa shape index (κ3) is 4.35. The molecule has 1 aliphatic heterocycles. The van der Waals surface area contributed by atoms with Gasteiger partial charge in [0.15, 0.2) is 5.76 Å². The van der Waals surface area contributed by atoms with E-state index in [-0.39, 0.29) is 11.7 Å². The summed E-state index contributed by atoms with van der Waals surface area (Å²) in [6, 6.07) is 21.0. The minimum atomic E-state index is -0.643. The number of furan rings is 1. The number of nitro groups is 1. The van der Waals surface area contributed by atoms with E-state index in [1.54, 1.807) is 4.90 Å². The monoisotopic (exact) mass is 445 g/mol. The van der Waals surface area contributed by atoms with E-state index < -0.39 is 10.8 Å². The molecule has 33 heavy (non-hydrogen) atoms. The van der Waals surface area contributed by atoms with Gasteiger partial charge < -0.3 is 13.9 Å². The van der Waals surface area contributed by atoms with Gasteiger partial charge in [-0.2, -0.15) is 0 Å². The van der Waals surface area contributed by atoms with Crippen molar-refractivity contribution in [1.29, 1.82) is 0 Å². The lowest BCUT2D eigenvalue weighted by Gasteiger charge is -2.34. The molecule has 5 rings (SSSR count). The van der Waals surface area contributed by atoms with Crippen molar-refractivity contribution >= 4 is 22.8 Å². The molecule has 0 bridgehead atoms. The topological polar surface area (TPSA) is 97.6 Å². The van der Waals surface area contributed by atoms with Crippen LogP contribution in [0, 0.1) is 10.1 Å². The number of nitrogens with zero attached hydrogens (tertiary/aromatic N) is 5. The summed E-state index contributed by atoms with van der Waals surface area (Å²) < 4.78 is 7.33. The molecule has 0 unspecified atom stereocenters. The smallest absolute Gasteiger partial charge is 0.395 e. The molecule has 0 spiro atoms. The number of hydrogen-bond donors (Lipinski definition) is 0. The first-order valence-corrected chi connectivity index (χ1v) is 10.8. The Kier molecular flexibility index (Phi) is 5.62. The van der Waals surface area contributed by atoms with Crippen LogP contribution in [0.5, 0.6) is 0 Å². The Balaban J connectivity index is 1.28. The number of para-hydroxylation sites is 2. The van der Waals surface area contributed by atoms with Gasteiger partial charge in [-0.15, -0.1) is 0 Å². The minimum absolute atomic E-state index is 0.000182. The molecule has 0 aliphatic carbocycles. The highest BCUT2D eigenvalue weighted by Gasteiger charge is 2.27. The normalized spacial score (nSPS) is 14.6. The Hall–Kier alpha value is -3.98. The molecule has 1 aliphatic rings. The predicted octanol–water partition coefficient (Wildman–Crippen LogP) is 3.54. The zero-order valence-electron chi connectivity index (χ0n) is 18.0. The highest BCUT2D eigenvalue weighted by Crippen LogP contribution is 2.21. The molecule has 3 heterocycles. The Labute approximate surface area is 190 Å². The third-order valence-corrected chi connectivity index (χ3v) is 5.92. The fourth-order valence-electron chi connectivity index (χ4n) is 4.19. The van der Waals surface area contributed by atoms with Crippen LogP contribution in [0.2, 0.25) is 0 Å². The van der Waals surface area contributed by atoms with Gasteiger partial charge in [0.25, 0.3) is 5.91 Å². The lowest BCUT2D eigenvalue weighted by atomic mass is 10.2. The molecule has 9 heteroatoms. The van der Waals surface area contributed by atoms with Crippen molar-refractivity contribution in [3.05, 3.63) is 94.0 Å². The highest BCUT2D eigenvalue weighted by atomic mass is 16.6. The minimum Gasteiger partial charge on any atom is -0.395 e. The van der Waals surface area contributed by atoms with Crippen LogP contribution in [0.25, 0.3) is 11.0 Å². The summed E-state index contributed by atoms with van der Waals surface area (Å²) in [6.45, 7) is 3.83. The number of piperazine rings is 1. The molecule has 168 valence electrons. The van der Waals surface area contributed by atoms with Crippen molar-refractivity contribution < 1.29 is 14.1 Å². The largest absolute Gasteiger partial charge is 0.433 e. The number of hydrogen-bond acceptors (Lipinski definition) is 6. The van der Waals surface area contributed by atoms with Crippen LogP contribution in [-0.2, 0) is 13.1 Å². The van der Waals surface area contributed by atoms with Gasteiger partial charge in [-0.1, -0.05) is 42.5 Å². The number of carbonyl (C=O) groups excluding carboxylic acids is 1. The summed E-state index contributed by atoms with van der Waals surface area (Å²) in [7, 11) is 0. The molecular formula is C24H23N5O4. The van der Waals surface area contributed by atoms with Gasteiger partial charge in [0.1, 0.15) is 10.7 Å². The number of benzene rings is 2. The first-order valence-electron chi connectivity index (χ1n) is 10.8. The van der Waals surface area contributed by atoms with E-state index >= 15 is 0 Å². The van der Waals surface area contributed by atoms with E-state index in [1.807, 2.05) is 36.4 Å².